The SMILES string of the molecule is C#C[C@@]1(COP(=O)(N[C@@H](C)C(=O)OCc2ccccc2)N[C@@H](C)C(=O)OCc2ccccc2)C=C[C@H](n2cc(C)c(=O)[nH]c2=O)O1. The normalized spacial score (nSPS) is 18.8. The van der Waals surface area contributed by atoms with Crippen molar-refractivity contribution >= 4 is 19.6 Å². The zero-order valence-corrected chi connectivity index (χ0v) is 26.4. The molecule has 2 heterocycles. The van der Waals surface area contributed by atoms with Crippen LogP contribution < -0.4 is 21.4 Å². The van der Waals surface area contributed by atoms with E-state index in [1.165, 1.54) is 39.1 Å². The van der Waals surface area contributed by atoms with Gasteiger partial charge in [-0.2, -0.15) is 0 Å². The van der Waals surface area contributed by atoms with Crippen molar-refractivity contribution < 1.29 is 32.9 Å². The molecule has 1 aliphatic rings. The van der Waals surface area contributed by atoms with Crippen LogP contribution in [0.2, 0.25) is 0 Å². The molecule has 1 aliphatic heterocycles. The molecule has 1 aromatic heterocycles. The topological polar surface area (TPSA) is 167 Å². The molecular formula is C32H35N4O9P. The van der Waals surface area contributed by atoms with Crippen LogP contribution in [-0.4, -0.2) is 45.8 Å². The lowest BCUT2D eigenvalue weighted by Gasteiger charge is -2.29. The first-order valence-corrected chi connectivity index (χ1v) is 15.9. The lowest BCUT2D eigenvalue weighted by Crippen LogP contribution is -2.44. The average Bonchev–Trinajstić information content (AvgIpc) is 3.49. The molecule has 0 bridgehead atoms. The number of carbonyl (C=O) groups excluding carboxylic acids is 2. The summed E-state index contributed by atoms with van der Waals surface area (Å²) in [5.41, 5.74) is -1.10. The molecule has 0 amide bonds. The summed E-state index contributed by atoms with van der Waals surface area (Å²) < 4.78 is 37.8. The van der Waals surface area contributed by atoms with E-state index in [4.69, 9.17) is 25.2 Å². The minimum atomic E-state index is -4.28. The van der Waals surface area contributed by atoms with Crippen LogP contribution in [0, 0.1) is 19.3 Å². The molecule has 0 unspecified atom stereocenters. The maximum atomic E-state index is 14.2. The minimum Gasteiger partial charge on any atom is -0.460 e. The molecule has 3 N–H and O–H groups in total. The number of nitrogens with one attached hydrogen (secondary N) is 3. The van der Waals surface area contributed by atoms with Crippen molar-refractivity contribution in [3.63, 3.8) is 0 Å². The first-order valence-electron chi connectivity index (χ1n) is 14.3. The highest BCUT2D eigenvalue weighted by Crippen LogP contribution is 2.42. The summed E-state index contributed by atoms with van der Waals surface area (Å²) >= 11 is 0. The summed E-state index contributed by atoms with van der Waals surface area (Å²) in [5.74, 6) is 0.981. The second kappa shape index (κ2) is 15.1. The Morgan fingerprint density at radius 1 is 1.00 bits per heavy atom. The lowest BCUT2D eigenvalue weighted by molar-refractivity contribution is -0.147. The van der Waals surface area contributed by atoms with Gasteiger partial charge >= 0.3 is 25.3 Å². The second-order valence-electron chi connectivity index (χ2n) is 10.6. The molecule has 13 nitrogen and oxygen atoms in total. The number of hydrogen-bond donors (Lipinski definition) is 3. The van der Waals surface area contributed by atoms with E-state index < -0.39 is 61.4 Å². The standard InChI is InChI=1S/C32H35N4O9P/c1-5-32(17-16-27(45-32)36-18-22(2)28(37)33-31(36)40)21-44-46(41,34-23(3)29(38)42-19-25-12-8-6-9-13-25)35-24(4)30(39)43-20-26-14-10-7-11-15-26/h1,6-18,23-24,27H,19-21H2,2-4H3,(H,33,37,40)(H2,34,35,41)/t23-,24-,27+,32-/m0/s1. The van der Waals surface area contributed by atoms with Gasteiger partial charge in [0.15, 0.2) is 11.8 Å². The largest absolute Gasteiger partial charge is 0.460 e. The number of esters is 2. The van der Waals surface area contributed by atoms with Gasteiger partial charge in [-0.15, -0.1) is 6.42 Å². The third kappa shape index (κ3) is 9.00. The predicted molar refractivity (Wildman–Crippen MR) is 168 cm³/mol. The Morgan fingerprint density at radius 2 is 1.52 bits per heavy atom. The van der Waals surface area contributed by atoms with Crippen LogP contribution in [0.25, 0.3) is 0 Å². The molecule has 4 rings (SSSR count). The van der Waals surface area contributed by atoms with Gasteiger partial charge in [-0.25, -0.2) is 15.0 Å². The highest BCUT2D eigenvalue weighted by Gasteiger charge is 2.40. The van der Waals surface area contributed by atoms with Gasteiger partial charge in [0.1, 0.15) is 31.9 Å². The number of rotatable bonds is 14. The monoisotopic (exact) mass is 650 g/mol. The van der Waals surface area contributed by atoms with Crippen molar-refractivity contribution in [3.05, 3.63) is 117 Å². The van der Waals surface area contributed by atoms with Crippen LogP contribution in [0.1, 0.15) is 36.8 Å². The Labute approximate surface area is 265 Å². The van der Waals surface area contributed by atoms with Gasteiger partial charge < -0.3 is 18.7 Å². The van der Waals surface area contributed by atoms with Crippen molar-refractivity contribution in [2.45, 2.75) is 57.9 Å². The summed E-state index contributed by atoms with van der Waals surface area (Å²) in [5, 5.41) is 5.23. The number of ether oxygens (including phenoxy) is 3. The van der Waals surface area contributed by atoms with Crippen LogP contribution in [0.4, 0.5) is 0 Å². The number of carbonyl (C=O) groups is 2. The highest BCUT2D eigenvalue weighted by atomic mass is 31.2. The third-order valence-electron chi connectivity index (χ3n) is 6.87. The average molecular weight is 651 g/mol. The third-order valence-corrected chi connectivity index (χ3v) is 8.82. The van der Waals surface area contributed by atoms with Crippen molar-refractivity contribution in [2.75, 3.05) is 6.61 Å². The number of aryl methyl sites for hydroxylation is 1. The Morgan fingerprint density at radius 3 is 2.02 bits per heavy atom. The number of aromatic nitrogens is 2. The first kappa shape index (κ1) is 34.3. The van der Waals surface area contributed by atoms with Crippen LogP contribution in [-0.2, 0) is 46.1 Å². The minimum absolute atomic E-state index is 0.0175. The van der Waals surface area contributed by atoms with Gasteiger partial charge in [-0.05, 0) is 44.1 Å². The van der Waals surface area contributed by atoms with E-state index in [9.17, 15) is 23.7 Å². The molecule has 0 saturated carbocycles. The lowest BCUT2D eigenvalue weighted by atomic mass is 10.1. The van der Waals surface area contributed by atoms with Crippen molar-refractivity contribution in [1.82, 2.24) is 19.7 Å². The molecule has 14 heteroatoms. The quantitative estimate of drug-likeness (QED) is 0.102. The molecule has 2 aromatic carbocycles. The number of nitrogens with zero attached hydrogens (tertiary/aromatic N) is 1. The van der Waals surface area contributed by atoms with E-state index >= 15 is 0 Å². The van der Waals surface area contributed by atoms with E-state index in [2.05, 4.69) is 21.1 Å². The van der Waals surface area contributed by atoms with Gasteiger partial charge in [0.25, 0.3) is 5.56 Å². The fourth-order valence-corrected chi connectivity index (χ4v) is 6.11. The van der Waals surface area contributed by atoms with Crippen LogP contribution in [0.15, 0.2) is 88.6 Å². The summed E-state index contributed by atoms with van der Waals surface area (Å²) in [6, 6.07) is 15.7. The zero-order valence-electron chi connectivity index (χ0n) is 25.5. The van der Waals surface area contributed by atoms with Gasteiger partial charge in [-0.3, -0.25) is 28.5 Å². The summed E-state index contributed by atoms with van der Waals surface area (Å²) in [4.78, 5) is 52.1. The number of hydrogen-bond acceptors (Lipinski definition) is 9. The van der Waals surface area contributed by atoms with Gasteiger partial charge in [0.2, 0.25) is 0 Å². The van der Waals surface area contributed by atoms with Crippen LogP contribution >= 0.6 is 7.67 Å². The second-order valence-corrected chi connectivity index (χ2v) is 12.5. The molecule has 0 aliphatic carbocycles. The number of H-pyrrole nitrogens is 1. The molecule has 0 spiro atoms. The number of aromatic amines is 1. The molecule has 46 heavy (non-hydrogen) atoms. The molecule has 4 atom stereocenters. The molecule has 0 radical (unpaired) electrons. The number of benzene rings is 2. The van der Waals surface area contributed by atoms with E-state index in [1.54, 1.807) is 48.5 Å². The van der Waals surface area contributed by atoms with Crippen molar-refractivity contribution in [3.8, 4) is 12.3 Å². The zero-order chi connectivity index (χ0) is 33.3. The Kier molecular flexibility index (Phi) is 11.3. The van der Waals surface area contributed by atoms with E-state index in [1.807, 2.05) is 12.1 Å². The Hall–Kier alpha value is -4.57. The Bertz CT molecular complexity index is 1700. The molecule has 0 fully saturated rings. The maximum absolute atomic E-state index is 14.2. The van der Waals surface area contributed by atoms with Crippen LogP contribution in [0.3, 0.4) is 0 Å². The smallest absolute Gasteiger partial charge is 0.342 e. The van der Waals surface area contributed by atoms with Crippen LogP contribution in [0.5, 0.6) is 0 Å². The van der Waals surface area contributed by atoms with Crippen molar-refractivity contribution in [2.24, 2.45) is 0 Å². The first-order chi connectivity index (χ1) is 21.9. The molecule has 242 valence electrons. The highest BCUT2D eigenvalue weighted by molar-refractivity contribution is 7.54. The van der Waals surface area contributed by atoms with E-state index in [0.29, 0.717) is 0 Å². The molecule has 0 saturated heterocycles. The fourth-order valence-electron chi connectivity index (χ4n) is 4.28. The Balaban J connectivity index is 1.47. The maximum Gasteiger partial charge on any atom is 0.342 e. The summed E-state index contributed by atoms with van der Waals surface area (Å²) in [7, 11) is -4.28. The summed E-state index contributed by atoms with van der Waals surface area (Å²) in [6.45, 7) is 3.81. The van der Waals surface area contributed by atoms with Gasteiger partial charge in [0.05, 0.1) is 0 Å². The fraction of sp³-hybridized carbons (Fsp3) is 0.312. The van der Waals surface area contributed by atoms with E-state index in [-0.39, 0.29) is 18.8 Å². The van der Waals surface area contributed by atoms with Gasteiger partial charge in [0, 0.05) is 11.8 Å². The van der Waals surface area contributed by atoms with Crippen molar-refractivity contribution in [1.29, 1.82) is 0 Å². The number of terminal acetylenes is 1. The van der Waals surface area contributed by atoms with E-state index in [0.717, 1.165) is 15.7 Å². The molecular weight excluding hydrogens is 615 g/mol. The molecule has 3 aromatic rings. The summed E-state index contributed by atoms with van der Waals surface area (Å²) in [6.07, 6.45) is 9.04. The van der Waals surface area contributed by atoms with Gasteiger partial charge in [-0.1, -0.05) is 66.6 Å². The predicted octanol–water partition coefficient (Wildman–Crippen LogP) is 2.87.